The topological polar surface area (TPSA) is 104 Å². The van der Waals surface area contributed by atoms with E-state index in [4.69, 9.17) is 35.6 Å². The monoisotopic (exact) mass is 621 g/mol. The minimum Gasteiger partial charge on any atom is -0.472 e. The number of aromatic nitrogens is 2. The Bertz CT molecular complexity index is 1820. The minimum atomic E-state index is -0.451. The Hall–Kier alpha value is -4.23. The van der Waals surface area contributed by atoms with Crippen molar-refractivity contribution in [2.75, 3.05) is 0 Å². The number of pyridine rings is 2. The molecule has 0 unspecified atom stereocenters. The summed E-state index contributed by atoms with van der Waals surface area (Å²) in [5.74, 6) is 0.275. The SMILES string of the molecule is Cc1c(B2OC(C)(C)C(C)(C)O2)cccc1-c1cccc2c1CC[C@@H]2Oc1nc(OCc2cncc(C#N)c2)c(C=O)cc1Cl. The summed E-state index contributed by atoms with van der Waals surface area (Å²) in [5.41, 5.74) is 7.08. The molecule has 0 spiro atoms. The van der Waals surface area contributed by atoms with E-state index in [9.17, 15) is 4.79 Å². The van der Waals surface area contributed by atoms with Crippen LogP contribution >= 0.6 is 11.6 Å². The van der Waals surface area contributed by atoms with E-state index in [-0.39, 0.29) is 35.1 Å². The van der Waals surface area contributed by atoms with E-state index in [1.165, 1.54) is 17.8 Å². The summed E-state index contributed by atoms with van der Waals surface area (Å²) < 4.78 is 25.0. The lowest BCUT2D eigenvalue weighted by Crippen LogP contribution is -2.41. The standard InChI is InChI=1S/C35H33BClN3O5/c1-21-25(8-7-11-29(21)36-44-34(2,3)35(4,5)45-36)26-9-6-10-28-27(26)12-13-31(28)43-33-30(37)15-24(19-41)32(40-33)42-20-23-14-22(16-38)17-39-18-23/h6-11,14-15,17-19,31H,12-13,20H2,1-5H3/t31-/m0/s1. The van der Waals surface area contributed by atoms with Crippen LogP contribution in [0.5, 0.6) is 11.8 Å². The summed E-state index contributed by atoms with van der Waals surface area (Å²) in [5, 5.41) is 9.37. The second kappa shape index (κ2) is 11.9. The molecule has 10 heteroatoms. The number of hydrogen-bond acceptors (Lipinski definition) is 8. The van der Waals surface area contributed by atoms with E-state index < -0.39 is 18.3 Å². The Morgan fingerprint density at radius 3 is 2.53 bits per heavy atom. The molecule has 45 heavy (non-hydrogen) atoms. The molecular weight excluding hydrogens is 589 g/mol. The molecule has 1 aliphatic carbocycles. The van der Waals surface area contributed by atoms with Crippen LogP contribution in [-0.2, 0) is 22.3 Å². The number of hydrogen-bond donors (Lipinski definition) is 0. The summed E-state index contributed by atoms with van der Waals surface area (Å²) in [7, 11) is -0.451. The average molecular weight is 622 g/mol. The molecule has 0 N–H and O–H groups in total. The zero-order valence-corrected chi connectivity index (χ0v) is 26.6. The van der Waals surface area contributed by atoms with Crippen LogP contribution in [0.4, 0.5) is 0 Å². The normalized spacial score (nSPS) is 17.9. The Morgan fingerprint density at radius 2 is 1.80 bits per heavy atom. The Labute approximate surface area is 268 Å². The zero-order valence-electron chi connectivity index (χ0n) is 25.9. The summed E-state index contributed by atoms with van der Waals surface area (Å²) in [6.07, 6.45) is 4.95. The quantitative estimate of drug-likeness (QED) is 0.158. The molecule has 2 aliphatic rings. The van der Waals surface area contributed by atoms with Crippen molar-refractivity contribution >= 4 is 30.5 Å². The van der Waals surface area contributed by atoms with Gasteiger partial charge in [-0.05, 0) is 92.9 Å². The highest BCUT2D eigenvalue weighted by Gasteiger charge is 2.52. The van der Waals surface area contributed by atoms with Crippen LogP contribution in [0, 0.1) is 18.3 Å². The van der Waals surface area contributed by atoms with Crippen molar-refractivity contribution in [3.8, 4) is 29.0 Å². The van der Waals surface area contributed by atoms with Crippen molar-refractivity contribution in [3.63, 3.8) is 0 Å². The third kappa shape index (κ3) is 5.82. The van der Waals surface area contributed by atoms with Crippen molar-refractivity contribution in [3.05, 3.63) is 99.3 Å². The number of rotatable bonds is 8. The van der Waals surface area contributed by atoms with Gasteiger partial charge in [-0.3, -0.25) is 9.78 Å². The van der Waals surface area contributed by atoms with Crippen molar-refractivity contribution in [2.24, 2.45) is 0 Å². The smallest absolute Gasteiger partial charge is 0.472 e. The second-order valence-corrected chi connectivity index (χ2v) is 12.8. The van der Waals surface area contributed by atoms with Gasteiger partial charge in [0.1, 0.15) is 23.8 Å². The highest BCUT2D eigenvalue weighted by Crippen LogP contribution is 2.43. The highest BCUT2D eigenvalue weighted by molar-refractivity contribution is 6.62. The molecule has 1 saturated heterocycles. The molecule has 1 aliphatic heterocycles. The molecule has 0 amide bonds. The zero-order chi connectivity index (χ0) is 31.9. The van der Waals surface area contributed by atoms with Crippen LogP contribution in [0.1, 0.15) is 78.4 Å². The maximum atomic E-state index is 11.8. The molecule has 0 radical (unpaired) electrons. The van der Waals surface area contributed by atoms with Gasteiger partial charge in [0.05, 0.1) is 22.3 Å². The van der Waals surface area contributed by atoms with E-state index >= 15 is 0 Å². The number of nitrogens with zero attached hydrogens (tertiary/aromatic N) is 3. The highest BCUT2D eigenvalue weighted by atomic mass is 35.5. The number of fused-ring (bicyclic) bond motifs is 1. The predicted octanol–water partition coefficient (Wildman–Crippen LogP) is 6.73. The Balaban J connectivity index is 1.26. The van der Waals surface area contributed by atoms with Gasteiger partial charge < -0.3 is 18.8 Å². The van der Waals surface area contributed by atoms with Gasteiger partial charge in [-0.1, -0.05) is 48.0 Å². The molecule has 1 atom stereocenters. The molecule has 2 aromatic heterocycles. The Morgan fingerprint density at radius 1 is 1.07 bits per heavy atom. The van der Waals surface area contributed by atoms with E-state index in [1.54, 1.807) is 12.3 Å². The van der Waals surface area contributed by atoms with Crippen LogP contribution in [-0.4, -0.2) is 34.6 Å². The van der Waals surface area contributed by atoms with Crippen LogP contribution in [0.25, 0.3) is 11.1 Å². The number of benzene rings is 2. The van der Waals surface area contributed by atoms with Gasteiger partial charge in [-0.2, -0.15) is 10.2 Å². The first-order chi connectivity index (χ1) is 21.5. The van der Waals surface area contributed by atoms with Crippen LogP contribution in [0.15, 0.2) is 60.9 Å². The fourth-order valence-electron chi connectivity index (χ4n) is 5.83. The van der Waals surface area contributed by atoms with Crippen molar-refractivity contribution < 1.29 is 23.6 Å². The lowest BCUT2D eigenvalue weighted by atomic mass is 9.74. The molecule has 6 rings (SSSR count). The lowest BCUT2D eigenvalue weighted by molar-refractivity contribution is 0.00578. The Kier molecular flexibility index (Phi) is 8.17. The maximum absolute atomic E-state index is 11.8. The molecule has 2 aromatic carbocycles. The van der Waals surface area contributed by atoms with Crippen molar-refractivity contribution in [1.29, 1.82) is 5.26 Å². The number of halogens is 1. The molecule has 1 fully saturated rings. The van der Waals surface area contributed by atoms with Gasteiger partial charge in [0.2, 0.25) is 11.8 Å². The average Bonchev–Trinajstić information content (AvgIpc) is 3.53. The lowest BCUT2D eigenvalue weighted by Gasteiger charge is -2.32. The largest absolute Gasteiger partial charge is 0.495 e. The molecule has 0 saturated carbocycles. The van der Waals surface area contributed by atoms with Gasteiger partial charge in [0, 0.05) is 18.0 Å². The van der Waals surface area contributed by atoms with Crippen LogP contribution in [0.3, 0.4) is 0 Å². The van der Waals surface area contributed by atoms with Gasteiger partial charge in [0.15, 0.2) is 6.29 Å². The molecular formula is C35H33BClN3O5. The third-order valence-electron chi connectivity index (χ3n) is 9.01. The summed E-state index contributed by atoms with van der Waals surface area (Å²) in [4.78, 5) is 20.3. The third-order valence-corrected chi connectivity index (χ3v) is 9.28. The first-order valence-corrected chi connectivity index (χ1v) is 15.3. The number of nitriles is 1. The van der Waals surface area contributed by atoms with E-state index in [2.05, 4.69) is 81.0 Å². The summed E-state index contributed by atoms with van der Waals surface area (Å²) in [6.45, 7) is 10.4. The van der Waals surface area contributed by atoms with E-state index in [1.807, 2.05) is 6.07 Å². The fraction of sp³-hybridized carbons (Fsp3) is 0.314. The maximum Gasteiger partial charge on any atom is 0.495 e. The van der Waals surface area contributed by atoms with E-state index in [0.29, 0.717) is 17.4 Å². The summed E-state index contributed by atoms with van der Waals surface area (Å²) >= 11 is 6.54. The van der Waals surface area contributed by atoms with Gasteiger partial charge >= 0.3 is 7.12 Å². The summed E-state index contributed by atoms with van der Waals surface area (Å²) in [6, 6.07) is 17.7. The predicted molar refractivity (Wildman–Crippen MR) is 172 cm³/mol. The number of carbonyl (C=O) groups is 1. The van der Waals surface area contributed by atoms with Gasteiger partial charge in [-0.25, -0.2) is 0 Å². The second-order valence-electron chi connectivity index (χ2n) is 12.4. The van der Waals surface area contributed by atoms with Crippen molar-refractivity contribution in [2.45, 2.75) is 71.4 Å². The van der Waals surface area contributed by atoms with Gasteiger partial charge in [-0.15, -0.1) is 0 Å². The fourth-order valence-corrected chi connectivity index (χ4v) is 6.03. The van der Waals surface area contributed by atoms with Crippen LogP contribution < -0.4 is 14.9 Å². The van der Waals surface area contributed by atoms with Crippen LogP contribution in [0.2, 0.25) is 5.02 Å². The number of aldehydes is 1. The number of ether oxygens (including phenoxy) is 2. The number of carbonyl (C=O) groups excluding carboxylic acids is 1. The first kappa shape index (κ1) is 30.8. The van der Waals surface area contributed by atoms with Gasteiger partial charge in [0.25, 0.3) is 0 Å². The molecule has 3 heterocycles. The molecule has 8 nitrogen and oxygen atoms in total. The molecule has 0 bridgehead atoms. The molecule has 228 valence electrons. The first-order valence-electron chi connectivity index (χ1n) is 14.9. The molecule has 4 aromatic rings. The minimum absolute atomic E-state index is 0.0669. The van der Waals surface area contributed by atoms with E-state index in [0.717, 1.165) is 40.6 Å². The van der Waals surface area contributed by atoms with Crippen molar-refractivity contribution in [1.82, 2.24) is 9.97 Å².